The maximum atomic E-state index is 12.1. The van der Waals surface area contributed by atoms with Gasteiger partial charge in [0.2, 0.25) is 5.91 Å². The van der Waals surface area contributed by atoms with E-state index in [2.05, 4.69) is 15.9 Å². The van der Waals surface area contributed by atoms with Gasteiger partial charge in [-0.1, -0.05) is 32.9 Å². The topological polar surface area (TPSA) is 43.3 Å². The van der Waals surface area contributed by atoms with Crippen LogP contribution in [0.3, 0.4) is 0 Å². The van der Waals surface area contributed by atoms with Crippen molar-refractivity contribution < 1.29 is 9.22 Å². The average molecular weight is 273 g/mol. The average Bonchev–Trinajstić information content (AvgIpc) is 2.64. The van der Waals surface area contributed by atoms with Crippen molar-refractivity contribution in [3.05, 3.63) is 30.0 Å². The fourth-order valence-corrected chi connectivity index (χ4v) is 2.02. The smallest absolute Gasteiger partial charge is 0.341 e. The third-order valence-electron chi connectivity index (χ3n) is 2.98. The molecule has 1 aromatic carbocycles. The highest BCUT2D eigenvalue weighted by atomic mass is 28.2. The van der Waals surface area contributed by atoms with Gasteiger partial charge in [0.05, 0.1) is 0 Å². The van der Waals surface area contributed by atoms with Gasteiger partial charge in [0.1, 0.15) is 11.3 Å². The molecule has 1 N–H and O–H groups in total. The van der Waals surface area contributed by atoms with E-state index in [-0.39, 0.29) is 5.91 Å². The number of hydrogen-bond acceptors (Lipinski definition) is 2. The van der Waals surface area contributed by atoms with E-state index >= 15 is 0 Å². The van der Waals surface area contributed by atoms with Crippen molar-refractivity contribution in [2.45, 2.75) is 27.7 Å². The van der Waals surface area contributed by atoms with Gasteiger partial charge in [-0.05, 0) is 19.1 Å². The van der Waals surface area contributed by atoms with Crippen LogP contribution < -0.4 is 9.85 Å². The third-order valence-corrected chi connectivity index (χ3v) is 3.20. The molecule has 5 heteroatoms. The lowest BCUT2D eigenvalue weighted by Crippen LogP contribution is -2.33. The summed E-state index contributed by atoms with van der Waals surface area (Å²) >= 11 is 0. The van der Waals surface area contributed by atoms with Gasteiger partial charge in [-0.3, -0.25) is 14.9 Å². The van der Waals surface area contributed by atoms with Gasteiger partial charge in [0, 0.05) is 16.5 Å². The second-order valence-electron chi connectivity index (χ2n) is 5.61. The van der Waals surface area contributed by atoms with Gasteiger partial charge >= 0.3 is 10.5 Å². The highest BCUT2D eigenvalue weighted by molar-refractivity contribution is 6.02. The molecule has 1 heterocycles. The van der Waals surface area contributed by atoms with Crippen LogP contribution in [-0.2, 0) is 4.79 Å². The predicted octanol–water partition coefficient (Wildman–Crippen LogP) is 2.53. The Morgan fingerprint density at radius 2 is 2.05 bits per heavy atom. The summed E-state index contributed by atoms with van der Waals surface area (Å²) in [4.78, 5) is 12.1. The Morgan fingerprint density at radius 1 is 1.37 bits per heavy atom. The number of rotatable bonds is 2. The standard InChI is InChI=1S/C14H17N2O2Si/c1-9-8-10-6-5-7-11(18-19)12(10)16(9)15-13(17)14(2,3)4/h5-8H,1-4H3,(H,15,17). The Labute approximate surface area is 116 Å². The van der Waals surface area contributed by atoms with E-state index in [9.17, 15) is 4.79 Å². The Morgan fingerprint density at radius 3 is 2.63 bits per heavy atom. The Bertz CT molecular complexity index is 626. The number of aryl methyl sites for hydroxylation is 1. The molecule has 0 atom stereocenters. The van der Waals surface area contributed by atoms with Crippen molar-refractivity contribution in [2.24, 2.45) is 5.41 Å². The van der Waals surface area contributed by atoms with Crippen molar-refractivity contribution in [2.75, 3.05) is 5.43 Å². The van der Waals surface area contributed by atoms with Crippen LogP contribution in [0.4, 0.5) is 0 Å². The number of para-hydroxylation sites is 1. The number of carbonyl (C=O) groups excluding carboxylic acids is 1. The van der Waals surface area contributed by atoms with E-state index in [0.29, 0.717) is 5.75 Å². The second-order valence-corrected chi connectivity index (χ2v) is 5.81. The number of hydrogen-bond donors (Lipinski definition) is 1. The van der Waals surface area contributed by atoms with Gasteiger partial charge in [-0.25, -0.2) is 0 Å². The van der Waals surface area contributed by atoms with Gasteiger partial charge < -0.3 is 4.43 Å². The highest BCUT2D eigenvalue weighted by Crippen LogP contribution is 2.28. The van der Waals surface area contributed by atoms with Crippen LogP contribution in [0.25, 0.3) is 10.9 Å². The molecule has 0 aliphatic carbocycles. The second kappa shape index (κ2) is 4.73. The van der Waals surface area contributed by atoms with Crippen molar-refractivity contribution in [3.63, 3.8) is 0 Å². The zero-order chi connectivity index (χ0) is 14.2. The molecule has 3 radical (unpaired) electrons. The van der Waals surface area contributed by atoms with Gasteiger partial charge in [-0.2, -0.15) is 0 Å². The minimum Gasteiger partial charge on any atom is -0.539 e. The molecule has 99 valence electrons. The van der Waals surface area contributed by atoms with Gasteiger partial charge in [0.15, 0.2) is 0 Å². The lowest BCUT2D eigenvalue weighted by molar-refractivity contribution is -0.124. The largest absolute Gasteiger partial charge is 0.539 e. The molecule has 19 heavy (non-hydrogen) atoms. The van der Waals surface area contributed by atoms with E-state index in [1.54, 1.807) is 4.68 Å². The number of amides is 1. The first-order valence-corrected chi connectivity index (χ1v) is 6.51. The molecular formula is C14H17N2O2Si. The molecule has 0 bridgehead atoms. The summed E-state index contributed by atoms with van der Waals surface area (Å²) in [5, 5.41) is 1.02. The minimum absolute atomic E-state index is 0.0446. The zero-order valence-electron chi connectivity index (χ0n) is 11.6. The van der Waals surface area contributed by atoms with Crippen molar-refractivity contribution in [1.29, 1.82) is 0 Å². The van der Waals surface area contributed by atoms with Crippen molar-refractivity contribution in [1.82, 2.24) is 4.68 Å². The lowest BCUT2D eigenvalue weighted by atomic mass is 9.96. The summed E-state index contributed by atoms with van der Waals surface area (Å²) in [6.45, 7) is 7.58. The lowest BCUT2D eigenvalue weighted by Gasteiger charge is -2.20. The molecule has 1 aromatic heterocycles. The highest BCUT2D eigenvalue weighted by Gasteiger charge is 2.23. The number of carbonyl (C=O) groups is 1. The number of benzene rings is 1. The van der Waals surface area contributed by atoms with Crippen molar-refractivity contribution >= 4 is 27.3 Å². The normalized spacial score (nSPS) is 11.6. The molecule has 1 amide bonds. The maximum Gasteiger partial charge on any atom is 0.341 e. The van der Waals surface area contributed by atoms with Crippen LogP contribution in [0.15, 0.2) is 24.3 Å². The zero-order valence-corrected chi connectivity index (χ0v) is 12.6. The van der Waals surface area contributed by atoms with E-state index in [4.69, 9.17) is 4.43 Å². The molecule has 4 nitrogen and oxygen atoms in total. The Kier molecular flexibility index (Phi) is 3.41. The first-order valence-electron chi connectivity index (χ1n) is 6.10. The minimum atomic E-state index is -0.452. The number of nitrogens with zero attached hydrogens (tertiary/aromatic N) is 1. The number of aromatic nitrogens is 1. The Balaban J connectivity index is 2.54. The molecule has 2 rings (SSSR count). The maximum absolute atomic E-state index is 12.1. The molecule has 0 fully saturated rings. The van der Waals surface area contributed by atoms with Crippen molar-refractivity contribution in [3.8, 4) is 5.75 Å². The van der Waals surface area contributed by atoms with E-state index in [1.165, 1.54) is 0 Å². The van der Waals surface area contributed by atoms with Gasteiger partial charge in [-0.15, -0.1) is 0 Å². The number of nitrogens with one attached hydrogen (secondary N) is 1. The Hall–Kier alpha value is -1.75. The van der Waals surface area contributed by atoms with Crippen LogP contribution in [0.5, 0.6) is 5.75 Å². The molecule has 2 aromatic rings. The summed E-state index contributed by atoms with van der Waals surface area (Å²) in [6.07, 6.45) is 0. The molecule has 0 saturated carbocycles. The van der Waals surface area contributed by atoms with Crippen LogP contribution in [0, 0.1) is 12.3 Å². The first kappa shape index (κ1) is 13.7. The molecule has 0 spiro atoms. The van der Waals surface area contributed by atoms with Crippen LogP contribution in [-0.4, -0.2) is 21.1 Å². The predicted molar refractivity (Wildman–Crippen MR) is 76.9 cm³/mol. The van der Waals surface area contributed by atoms with E-state index in [1.807, 2.05) is 52.0 Å². The SMILES string of the molecule is Cc1cc2cccc(O[Si])c2n1NC(=O)C(C)(C)C. The summed E-state index contributed by atoms with van der Waals surface area (Å²) in [6, 6.07) is 7.74. The molecule has 0 saturated heterocycles. The summed E-state index contributed by atoms with van der Waals surface area (Å²) in [7, 11) is 3.05. The van der Waals surface area contributed by atoms with E-state index < -0.39 is 5.41 Å². The van der Waals surface area contributed by atoms with Crippen LogP contribution >= 0.6 is 0 Å². The van der Waals surface area contributed by atoms with Gasteiger partial charge in [0.25, 0.3) is 0 Å². The molecule has 0 aliphatic rings. The molecular weight excluding hydrogens is 256 g/mol. The fraction of sp³-hybridized carbons (Fsp3) is 0.357. The fourth-order valence-electron chi connectivity index (χ4n) is 1.86. The molecule has 0 unspecified atom stereocenters. The summed E-state index contributed by atoms with van der Waals surface area (Å²) < 4.78 is 6.94. The van der Waals surface area contributed by atoms with Crippen LogP contribution in [0.1, 0.15) is 26.5 Å². The molecule has 0 aliphatic heterocycles. The van der Waals surface area contributed by atoms with E-state index in [0.717, 1.165) is 16.6 Å². The summed E-state index contributed by atoms with van der Waals surface area (Å²) in [5.74, 6) is 0.619. The summed E-state index contributed by atoms with van der Waals surface area (Å²) in [5.41, 5.74) is 4.26. The monoisotopic (exact) mass is 273 g/mol. The van der Waals surface area contributed by atoms with Crippen LogP contribution in [0.2, 0.25) is 0 Å². The third kappa shape index (κ3) is 2.51. The number of fused-ring (bicyclic) bond motifs is 1. The quantitative estimate of drug-likeness (QED) is 0.854. The first-order chi connectivity index (χ1) is 8.84.